The Bertz CT molecular complexity index is 1040. The molecule has 2 amide bonds. The summed E-state index contributed by atoms with van der Waals surface area (Å²) >= 11 is 0. The lowest BCUT2D eigenvalue weighted by atomic mass is 10.1. The Morgan fingerprint density at radius 2 is 2.04 bits per heavy atom. The van der Waals surface area contributed by atoms with Gasteiger partial charge in [-0.2, -0.15) is 0 Å². The van der Waals surface area contributed by atoms with Gasteiger partial charge in [0.2, 0.25) is 0 Å². The SMILES string of the molecule is C=Cc1ccc(N2C[C@H](C)n3ccc(C(=O)Nc4cccnc4)c3C2=O)cc1. The van der Waals surface area contributed by atoms with Crippen LogP contribution in [0.4, 0.5) is 11.4 Å². The first-order chi connectivity index (χ1) is 13.6. The van der Waals surface area contributed by atoms with Crippen molar-refractivity contribution >= 4 is 29.3 Å². The average molecular weight is 372 g/mol. The Labute approximate surface area is 163 Å². The number of nitrogens with zero attached hydrogens (tertiary/aromatic N) is 3. The van der Waals surface area contributed by atoms with Gasteiger partial charge in [0.05, 0.1) is 17.4 Å². The maximum absolute atomic E-state index is 13.2. The smallest absolute Gasteiger partial charge is 0.275 e. The van der Waals surface area contributed by atoms with Gasteiger partial charge in [-0.25, -0.2) is 0 Å². The molecule has 1 aromatic carbocycles. The molecule has 28 heavy (non-hydrogen) atoms. The van der Waals surface area contributed by atoms with Gasteiger partial charge in [-0.15, -0.1) is 0 Å². The second-order valence-corrected chi connectivity index (χ2v) is 6.74. The number of carbonyl (C=O) groups excluding carboxylic acids is 2. The molecule has 140 valence electrons. The Balaban J connectivity index is 1.67. The van der Waals surface area contributed by atoms with Crippen LogP contribution in [-0.4, -0.2) is 27.9 Å². The molecule has 1 aliphatic rings. The highest BCUT2D eigenvalue weighted by molar-refractivity contribution is 6.16. The molecule has 0 unspecified atom stereocenters. The minimum absolute atomic E-state index is 0.0479. The Hall–Kier alpha value is -3.67. The Morgan fingerprint density at radius 1 is 1.25 bits per heavy atom. The largest absolute Gasteiger partial charge is 0.338 e. The molecule has 0 saturated heterocycles. The maximum Gasteiger partial charge on any atom is 0.275 e. The second-order valence-electron chi connectivity index (χ2n) is 6.74. The summed E-state index contributed by atoms with van der Waals surface area (Å²) in [5.41, 5.74) is 3.12. The van der Waals surface area contributed by atoms with E-state index in [1.807, 2.05) is 35.8 Å². The number of fused-ring (bicyclic) bond motifs is 1. The molecule has 0 bridgehead atoms. The van der Waals surface area contributed by atoms with E-state index in [9.17, 15) is 9.59 Å². The second kappa shape index (κ2) is 7.15. The average Bonchev–Trinajstić information content (AvgIpc) is 3.18. The molecule has 0 saturated carbocycles. The van der Waals surface area contributed by atoms with E-state index in [0.29, 0.717) is 23.5 Å². The van der Waals surface area contributed by atoms with Gasteiger partial charge in [-0.1, -0.05) is 24.8 Å². The molecule has 3 aromatic rings. The van der Waals surface area contributed by atoms with Crippen LogP contribution in [0.5, 0.6) is 0 Å². The van der Waals surface area contributed by atoms with Crippen LogP contribution < -0.4 is 10.2 Å². The fourth-order valence-electron chi connectivity index (χ4n) is 3.43. The first-order valence-corrected chi connectivity index (χ1v) is 9.05. The number of pyridine rings is 1. The fourth-order valence-corrected chi connectivity index (χ4v) is 3.43. The standard InChI is InChI=1S/C22H20N4O2/c1-3-16-6-8-18(9-7-16)26-14-15(2)25-12-10-19(20(25)22(26)28)21(27)24-17-5-4-11-23-13-17/h3-13,15H,1,14H2,2H3,(H,24,27)/t15-/m0/s1. The fraction of sp³-hybridized carbons (Fsp3) is 0.136. The zero-order valence-electron chi connectivity index (χ0n) is 15.5. The van der Waals surface area contributed by atoms with Gasteiger partial charge in [0.15, 0.2) is 0 Å². The van der Waals surface area contributed by atoms with Gasteiger partial charge in [-0.05, 0) is 42.8 Å². The zero-order valence-corrected chi connectivity index (χ0v) is 15.5. The normalized spacial score (nSPS) is 15.8. The van der Waals surface area contributed by atoms with E-state index in [0.717, 1.165) is 11.3 Å². The lowest BCUT2D eigenvalue weighted by Crippen LogP contribution is -2.43. The third-order valence-electron chi connectivity index (χ3n) is 4.89. The lowest BCUT2D eigenvalue weighted by Gasteiger charge is -2.33. The van der Waals surface area contributed by atoms with Crippen molar-refractivity contribution in [1.29, 1.82) is 0 Å². The van der Waals surface area contributed by atoms with Crippen LogP contribution in [0.15, 0.2) is 67.6 Å². The van der Waals surface area contributed by atoms with Crippen LogP contribution in [0.3, 0.4) is 0 Å². The number of aromatic nitrogens is 2. The molecule has 0 fully saturated rings. The number of carbonyl (C=O) groups is 2. The van der Waals surface area contributed by atoms with Crippen LogP contribution in [0.1, 0.15) is 39.4 Å². The third kappa shape index (κ3) is 3.09. The van der Waals surface area contributed by atoms with E-state index in [1.165, 1.54) is 0 Å². The first kappa shape index (κ1) is 17.7. The topological polar surface area (TPSA) is 67.2 Å². The van der Waals surface area contributed by atoms with Crippen LogP contribution in [0.25, 0.3) is 6.08 Å². The quantitative estimate of drug-likeness (QED) is 0.753. The monoisotopic (exact) mass is 372 g/mol. The summed E-state index contributed by atoms with van der Waals surface area (Å²) in [6.07, 6.45) is 6.76. The highest BCUT2D eigenvalue weighted by atomic mass is 16.2. The predicted octanol–water partition coefficient (Wildman–Crippen LogP) is 4.00. The molecule has 3 heterocycles. The van der Waals surface area contributed by atoms with Crippen LogP contribution in [-0.2, 0) is 0 Å². The predicted molar refractivity (Wildman–Crippen MR) is 110 cm³/mol. The summed E-state index contributed by atoms with van der Waals surface area (Å²) in [4.78, 5) is 31.8. The number of anilines is 2. The molecule has 1 N–H and O–H groups in total. The van der Waals surface area contributed by atoms with Crippen LogP contribution in [0.2, 0.25) is 0 Å². The third-order valence-corrected chi connectivity index (χ3v) is 4.89. The highest BCUT2D eigenvalue weighted by Crippen LogP contribution is 2.29. The molecular formula is C22H20N4O2. The van der Waals surface area contributed by atoms with Crippen LogP contribution >= 0.6 is 0 Å². The number of amides is 2. The van der Waals surface area contributed by atoms with Gasteiger partial charge in [0.1, 0.15) is 5.69 Å². The summed E-state index contributed by atoms with van der Waals surface area (Å²) < 4.78 is 1.87. The van der Waals surface area contributed by atoms with E-state index in [-0.39, 0.29) is 17.9 Å². The molecular weight excluding hydrogens is 352 g/mol. The molecule has 6 heteroatoms. The zero-order chi connectivity index (χ0) is 19.7. The Kier molecular flexibility index (Phi) is 4.53. The summed E-state index contributed by atoms with van der Waals surface area (Å²) in [7, 11) is 0. The van der Waals surface area contributed by atoms with Crippen molar-refractivity contribution in [2.75, 3.05) is 16.8 Å². The molecule has 0 radical (unpaired) electrons. The number of nitrogens with one attached hydrogen (secondary N) is 1. The number of benzene rings is 1. The Morgan fingerprint density at radius 3 is 2.71 bits per heavy atom. The molecule has 4 rings (SSSR count). The van der Waals surface area contributed by atoms with Crippen molar-refractivity contribution in [2.24, 2.45) is 0 Å². The minimum Gasteiger partial charge on any atom is -0.338 e. The van der Waals surface area contributed by atoms with Crippen molar-refractivity contribution in [2.45, 2.75) is 13.0 Å². The molecule has 0 aliphatic carbocycles. The van der Waals surface area contributed by atoms with Gasteiger partial charge < -0.3 is 14.8 Å². The number of hydrogen-bond donors (Lipinski definition) is 1. The lowest BCUT2D eigenvalue weighted by molar-refractivity contribution is 0.0942. The van der Waals surface area contributed by atoms with Gasteiger partial charge in [0.25, 0.3) is 11.8 Å². The molecule has 0 spiro atoms. The molecule has 2 aromatic heterocycles. The summed E-state index contributed by atoms with van der Waals surface area (Å²) in [5.74, 6) is -0.517. The van der Waals surface area contributed by atoms with Crippen molar-refractivity contribution in [1.82, 2.24) is 9.55 Å². The van der Waals surface area contributed by atoms with Crippen molar-refractivity contribution in [3.8, 4) is 0 Å². The van der Waals surface area contributed by atoms with Gasteiger partial charge in [0, 0.05) is 30.7 Å². The maximum atomic E-state index is 13.2. The van der Waals surface area contributed by atoms with E-state index in [2.05, 4.69) is 16.9 Å². The van der Waals surface area contributed by atoms with Crippen LogP contribution in [0, 0.1) is 0 Å². The van der Waals surface area contributed by atoms with Gasteiger partial charge in [-0.3, -0.25) is 14.6 Å². The number of hydrogen-bond acceptors (Lipinski definition) is 3. The van der Waals surface area contributed by atoms with Gasteiger partial charge >= 0.3 is 0 Å². The first-order valence-electron chi connectivity index (χ1n) is 9.05. The van der Waals surface area contributed by atoms with Crippen molar-refractivity contribution < 1.29 is 9.59 Å². The van der Waals surface area contributed by atoms with E-state index in [1.54, 1.807) is 47.8 Å². The number of rotatable bonds is 4. The van der Waals surface area contributed by atoms with Crippen molar-refractivity contribution in [3.63, 3.8) is 0 Å². The minimum atomic E-state index is -0.328. The highest BCUT2D eigenvalue weighted by Gasteiger charge is 2.33. The molecule has 1 aliphatic heterocycles. The van der Waals surface area contributed by atoms with E-state index < -0.39 is 0 Å². The summed E-state index contributed by atoms with van der Waals surface area (Å²) in [6.45, 7) is 6.33. The van der Waals surface area contributed by atoms with Crippen molar-refractivity contribution in [3.05, 3.63) is 84.5 Å². The molecule has 6 nitrogen and oxygen atoms in total. The van der Waals surface area contributed by atoms with E-state index >= 15 is 0 Å². The van der Waals surface area contributed by atoms with E-state index in [4.69, 9.17) is 0 Å². The molecule has 1 atom stereocenters. The summed E-state index contributed by atoms with van der Waals surface area (Å²) in [6, 6.07) is 12.9. The summed E-state index contributed by atoms with van der Waals surface area (Å²) in [5, 5.41) is 2.80.